The fraction of sp³-hybridized carbons (Fsp3) is 0.812. The Bertz CT molecular complexity index is 616. The van der Waals surface area contributed by atoms with Gasteiger partial charge in [0.1, 0.15) is 0 Å². The van der Waals surface area contributed by atoms with Crippen molar-refractivity contribution in [2.24, 2.45) is 0 Å². The van der Waals surface area contributed by atoms with Crippen molar-refractivity contribution in [2.75, 3.05) is 40.4 Å². The Balaban J connectivity index is 1.78. The molecule has 2 unspecified atom stereocenters. The molecule has 5 nitrogen and oxygen atoms in total. The summed E-state index contributed by atoms with van der Waals surface area (Å²) in [7, 11) is 4.31. The summed E-state index contributed by atoms with van der Waals surface area (Å²) in [5.74, 6) is 1.62. The van der Waals surface area contributed by atoms with Gasteiger partial charge in [-0.15, -0.1) is 0 Å². The van der Waals surface area contributed by atoms with Crippen LogP contribution in [0.4, 0.5) is 0 Å². The molecule has 0 spiro atoms. The van der Waals surface area contributed by atoms with Crippen molar-refractivity contribution >= 4 is 0 Å². The van der Waals surface area contributed by atoms with Crippen LogP contribution in [0.1, 0.15) is 117 Å². The standard InChI is InChI=1S/C32H58N2O3/c1-5-7-9-11-13-15-17-21-25-33(3)31-27-35-28-32(37-30-24-20-19-23-29(30)36-31)34(4)26-22-18-16-14-12-10-8-6-2/h19-20,23-24,31-32H,5-18,21-22,25-28H2,1-4H3. The van der Waals surface area contributed by atoms with E-state index < -0.39 is 0 Å². The van der Waals surface area contributed by atoms with Crippen molar-refractivity contribution in [1.29, 1.82) is 0 Å². The third-order valence-electron chi connectivity index (χ3n) is 7.61. The Hall–Kier alpha value is -1.30. The molecule has 5 heteroatoms. The second-order valence-electron chi connectivity index (χ2n) is 11.0. The first-order chi connectivity index (χ1) is 18.2. The van der Waals surface area contributed by atoms with E-state index in [1.54, 1.807) is 0 Å². The number of likely N-dealkylation sites (N-methyl/N-ethyl adjacent to an activating group) is 2. The van der Waals surface area contributed by atoms with E-state index >= 15 is 0 Å². The molecule has 1 aromatic rings. The van der Waals surface area contributed by atoms with Crippen molar-refractivity contribution < 1.29 is 14.2 Å². The summed E-state index contributed by atoms with van der Waals surface area (Å²) in [6.45, 7) is 7.70. The van der Waals surface area contributed by atoms with Crippen molar-refractivity contribution in [1.82, 2.24) is 9.80 Å². The molecule has 37 heavy (non-hydrogen) atoms. The average molecular weight is 519 g/mol. The molecule has 1 aliphatic heterocycles. The van der Waals surface area contributed by atoms with E-state index in [1.165, 1.54) is 103 Å². The summed E-state index contributed by atoms with van der Waals surface area (Å²) in [6, 6.07) is 8.09. The minimum absolute atomic E-state index is 0.105. The van der Waals surface area contributed by atoms with Crippen molar-refractivity contribution in [2.45, 2.75) is 129 Å². The highest BCUT2D eigenvalue weighted by molar-refractivity contribution is 5.39. The van der Waals surface area contributed by atoms with E-state index in [9.17, 15) is 0 Å². The molecule has 0 fully saturated rings. The largest absolute Gasteiger partial charge is 0.469 e. The average Bonchev–Trinajstić information content (AvgIpc) is 3.00. The molecule has 0 radical (unpaired) electrons. The number of ether oxygens (including phenoxy) is 3. The Labute approximate surface area is 229 Å². The molecule has 2 rings (SSSR count). The highest BCUT2D eigenvalue weighted by Crippen LogP contribution is 2.30. The van der Waals surface area contributed by atoms with E-state index in [1.807, 2.05) is 24.3 Å². The first-order valence-corrected chi connectivity index (χ1v) is 15.6. The first kappa shape index (κ1) is 31.9. The number of nitrogens with zero attached hydrogens (tertiary/aromatic N) is 2. The van der Waals surface area contributed by atoms with Crippen LogP contribution in [-0.4, -0.2) is 62.7 Å². The molecule has 2 atom stereocenters. The second kappa shape index (κ2) is 20.6. The van der Waals surface area contributed by atoms with E-state index in [2.05, 4.69) is 37.7 Å². The van der Waals surface area contributed by atoms with Gasteiger partial charge in [0.25, 0.3) is 0 Å². The summed E-state index contributed by atoms with van der Waals surface area (Å²) >= 11 is 0. The number of rotatable bonds is 20. The third-order valence-corrected chi connectivity index (χ3v) is 7.61. The first-order valence-electron chi connectivity index (χ1n) is 15.6. The monoisotopic (exact) mass is 518 g/mol. The normalized spacial score (nSPS) is 18.1. The van der Waals surface area contributed by atoms with Crippen LogP contribution in [0.5, 0.6) is 11.5 Å². The van der Waals surface area contributed by atoms with Crippen molar-refractivity contribution in [3.05, 3.63) is 24.3 Å². The SMILES string of the molecule is CCCCCCCCCCN(C)C1COCC(N(C)CCCCCCCCCC)Oc2ccccc2O1. The molecule has 0 bridgehead atoms. The molecule has 0 aromatic heterocycles. The zero-order valence-electron chi connectivity index (χ0n) is 24.7. The van der Waals surface area contributed by atoms with E-state index in [0.29, 0.717) is 13.2 Å². The third kappa shape index (κ3) is 13.9. The van der Waals surface area contributed by atoms with Gasteiger partial charge in [-0.2, -0.15) is 0 Å². The number of hydrogen-bond acceptors (Lipinski definition) is 5. The van der Waals surface area contributed by atoms with Crippen molar-refractivity contribution in [3.63, 3.8) is 0 Å². The molecule has 1 heterocycles. The Morgan fingerprint density at radius 1 is 0.568 bits per heavy atom. The van der Waals surface area contributed by atoms with E-state index in [0.717, 1.165) is 24.6 Å². The Morgan fingerprint density at radius 2 is 0.919 bits per heavy atom. The van der Waals surface area contributed by atoms with Crippen LogP contribution in [-0.2, 0) is 4.74 Å². The highest BCUT2D eigenvalue weighted by Gasteiger charge is 2.25. The van der Waals surface area contributed by atoms with Crippen LogP contribution in [0.2, 0.25) is 0 Å². The fourth-order valence-electron chi connectivity index (χ4n) is 4.99. The molecule has 1 aromatic carbocycles. The lowest BCUT2D eigenvalue weighted by molar-refractivity contribution is -0.0634. The summed E-state index contributed by atoms with van der Waals surface area (Å²) in [5, 5.41) is 0. The highest BCUT2D eigenvalue weighted by atomic mass is 16.6. The fourth-order valence-corrected chi connectivity index (χ4v) is 4.99. The summed E-state index contributed by atoms with van der Waals surface area (Å²) in [5.41, 5.74) is 0. The molecule has 0 N–H and O–H groups in total. The number of benzene rings is 1. The van der Waals surface area contributed by atoms with Gasteiger partial charge in [-0.25, -0.2) is 0 Å². The zero-order valence-corrected chi connectivity index (χ0v) is 24.7. The van der Waals surface area contributed by atoms with Gasteiger partial charge < -0.3 is 14.2 Å². The second-order valence-corrected chi connectivity index (χ2v) is 11.0. The smallest absolute Gasteiger partial charge is 0.176 e. The minimum atomic E-state index is -0.105. The van der Waals surface area contributed by atoms with Gasteiger partial charge in [0, 0.05) is 13.1 Å². The molecule has 1 aliphatic rings. The van der Waals surface area contributed by atoms with Crippen LogP contribution >= 0.6 is 0 Å². The van der Waals surface area contributed by atoms with Crippen molar-refractivity contribution in [3.8, 4) is 11.5 Å². The predicted octanol–water partition coefficient (Wildman–Crippen LogP) is 8.27. The van der Waals surface area contributed by atoms with Crippen LogP contribution in [0.15, 0.2) is 24.3 Å². The lowest BCUT2D eigenvalue weighted by atomic mass is 10.1. The quantitative estimate of drug-likeness (QED) is 0.162. The maximum atomic E-state index is 6.44. The molecular weight excluding hydrogens is 460 g/mol. The van der Waals surface area contributed by atoms with Gasteiger partial charge in [-0.1, -0.05) is 116 Å². The molecule has 0 amide bonds. The molecule has 214 valence electrons. The lowest BCUT2D eigenvalue weighted by Gasteiger charge is -2.28. The summed E-state index contributed by atoms with van der Waals surface area (Å²) in [6.07, 6.45) is 21.1. The van der Waals surface area contributed by atoms with Gasteiger partial charge in [-0.3, -0.25) is 9.80 Å². The van der Waals surface area contributed by atoms with Crippen LogP contribution in [0, 0.1) is 0 Å². The predicted molar refractivity (Wildman–Crippen MR) is 157 cm³/mol. The summed E-state index contributed by atoms with van der Waals surface area (Å²) < 4.78 is 19.1. The minimum Gasteiger partial charge on any atom is -0.469 e. The van der Waals surface area contributed by atoms with Crippen LogP contribution in [0.25, 0.3) is 0 Å². The van der Waals surface area contributed by atoms with E-state index in [-0.39, 0.29) is 12.5 Å². The number of hydrogen-bond donors (Lipinski definition) is 0. The molecular formula is C32H58N2O3. The van der Waals surface area contributed by atoms with Gasteiger partial charge in [0.2, 0.25) is 0 Å². The molecule has 0 aliphatic carbocycles. The Morgan fingerprint density at radius 3 is 1.30 bits per heavy atom. The zero-order chi connectivity index (χ0) is 26.6. The molecule has 0 saturated heterocycles. The van der Waals surface area contributed by atoms with E-state index in [4.69, 9.17) is 14.2 Å². The maximum Gasteiger partial charge on any atom is 0.176 e. The maximum absolute atomic E-state index is 6.44. The number of unbranched alkanes of at least 4 members (excludes halogenated alkanes) is 14. The van der Waals surface area contributed by atoms with Crippen LogP contribution < -0.4 is 9.47 Å². The number of para-hydroxylation sites is 2. The van der Waals surface area contributed by atoms with Gasteiger partial charge in [-0.05, 0) is 39.1 Å². The van der Waals surface area contributed by atoms with Gasteiger partial charge >= 0.3 is 0 Å². The number of fused-ring (bicyclic) bond motifs is 1. The van der Waals surface area contributed by atoms with Gasteiger partial charge in [0.15, 0.2) is 24.0 Å². The lowest BCUT2D eigenvalue weighted by Crippen LogP contribution is -2.43. The molecule has 0 saturated carbocycles. The summed E-state index contributed by atoms with van der Waals surface area (Å²) in [4.78, 5) is 4.61. The Kier molecular flexibility index (Phi) is 17.8. The topological polar surface area (TPSA) is 34.2 Å². The van der Waals surface area contributed by atoms with Gasteiger partial charge in [0.05, 0.1) is 13.2 Å². The van der Waals surface area contributed by atoms with Crippen LogP contribution in [0.3, 0.4) is 0 Å².